The van der Waals surface area contributed by atoms with Gasteiger partial charge < -0.3 is 0 Å². The van der Waals surface area contributed by atoms with Gasteiger partial charge in [-0.2, -0.15) is 0 Å². The third-order valence-electron chi connectivity index (χ3n) is 13.0. The van der Waals surface area contributed by atoms with Crippen LogP contribution in [0.15, 0.2) is 46.6 Å². The topological polar surface area (TPSA) is 0 Å². The molecule has 0 N–H and O–H groups in total. The molecule has 2 heteroatoms. The molecule has 0 saturated heterocycles. The van der Waals surface area contributed by atoms with Crippen molar-refractivity contribution in [1.82, 2.24) is 0 Å². The van der Waals surface area contributed by atoms with Crippen LogP contribution in [0.5, 0.6) is 0 Å². The van der Waals surface area contributed by atoms with E-state index in [1.165, 1.54) is 38.5 Å². The Kier molecular flexibility index (Phi) is 5.68. The van der Waals surface area contributed by atoms with Gasteiger partial charge in [-0.1, -0.05) is 103 Å². The summed E-state index contributed by atoms with van der Waals surface area (Å²) in [6.45, 7) is 27.0. The van der Waals surface area contributed by atoms with Gasteiger partial charge >= 0.3 is 0 Å². The second kappa shape index (κ2) is 7.96. The summed E-state index contributed by atoms with van der Waals surface area (Å²) in [7, 11) is -2.99. The van der Waals surface area contributed by atoms with E-state index in [1.54, 1.807) is 11.1 Å². The highest BCUT2D eigenvalue weighted by molar-refractivity contribution is 7.41. The van der Waals surface area contributed by atoms with Gasteiger partial charge in [0, 0.05) is 15.2 Å². The molecule has 0 aliphatic heterocycles. The highest BCUT2D eigenvalue weighted by Crippen LogP contribution is 2.66. The van der Waals surface area contributed by atoms with E-state index in [-0.39, 0.29) is 0 Å². The van der Waals surface area contributed by atoms with Gasteiger partial charge in [0.05, 0.1) is 0 Å². The molecule has 6 aliphatic carbocycles. The summed E-state index contributed by atoms with van der Waals surface area (Å²) in [5.41, 5.74) is 10.2. The van der Waals surface area contributed by atoms with Gasteiger partial charge in [-0.25, -0.2) is 0 Å². The fraction of sp³-hybridized carbons (Fsp3) is 0.765. The average Bonchev–Trinajstić information content (AvgIpc) is 3.44. The number of fused-ring (bicyclic) bond motifs is 4. The smallest absolute Gasteiger partial charge is 0.0455 e. The van der Waals surface area contributed by atoms with Gasteiger partial charge in [0.25, 0.3) is 0 Å². The predicted octanol–water partition coefficient (Wildman–Crippen LogP) is 10.1. The number of hydrogen-bond acceptors (Lipinski definition) is 0. The van der Waals surface area contributed by atoms with Crippen LogP contribution in [0.1, 0.15) is 80.1 Å². The summed E-state index contributed by atoms with van der Waals surface area (Å²) in [6, 6.07) is 0. The first-order valence-corrected chi connectivity index (χ1v) is 22.6. The summed E-state index contributed by atoms with van der Waals surface area (Å²) < 4.78 is 0. The molecule has 0 aromatic rings. The third-order valence-corrected chi connectivity index (χ3v) is 33.5. The van der Waals surface area contributed by atoms with Gasteiger partial charge in [0.1, 0.15) is 0 Å². The summed E-state index contributed by atoms with van der Waals surface area (Å²) in [4.78, 5) is 0. The first kappa shape index (κ1) is 25.7. The van der Waals surface area contributed by atoms with Crippen molar-refractivity contribution in [2.45, 2.75) is 117 Å². The Labute approximate surface area is 225 Å². The van der Waals surface area contributed by atoms with Crippen LogP contribution in [-0.4, -0.2) is 15.2 Å². The molecule has 2 fully saturated rings. The van der Waals surface area contributed by atoms with Crippen LogP contribution in [0.4, 0.5) is 0 Å². The molecule has 8 atom stereocenters. The lowest BCUT2D eigenvalue weighted by molar-refractivity contribution is 0.374. The van der Waals surface area contributed by atoms with Crippen LogP contribution >= 0.6 is 0 Å². The van der Waals surface area contributed by atoms with Gasteiger partial charge in [-0.15, -0.1) is 0 Å². The third kappa shape index (κ3) is 3.62. The van der Waals surface area contributed by atoms with Crippen molar-refractivity contribution >= 4 is 15.2 Å². The fourth-order valence-electron chi connectivity index (χ4n) is 11.3. The maximum atomic E-state index is 2.90. The molecule has 2 saturated carbocycles. The molecular weight excluding hydrogens is 465 g/mol. The molecule has 0 amide bonds. The molecule has 198 valence electrons. The van der Waals surface area contributed by atoms with Gasteiger partial charge in [0.2, 0.25) is 0 Å². The van der Waals surface area contributed by atoms with Gasteiger partial charge in [-0.05, 0) is 107 Å². The van der Waals surface area contributed by atoms with Crippen molar-refractivity contribution in [3.8, 4) is 0 Å². The first-order valence-electron chi connectivity index (χ1n) is 15.4. The molecular formula is C34H54Si2. The Balaban J connectivity index is 1.33. The SMILES string of the molecule is CC1CC2C3=C(C=CC2C1[Si](C)(C)[Si](C)(C)C1C(C)CC2C=CC4=C(CC(C)(C)C4)C21)CC(C)(C)C3. The van der Waals surface area contributed by atoms with Crippen molar-refractivity contribution in [3.05, 3.63) is 46.6 Å². The molecule has 0 radical (unpaired) electrons. The highest BCUT2D eigenvalue weighted by atomic mass is 29.3. The summed E-state index contributed by atoms with van der Waals surface area (Å²) in [5.74, 6) is 5.18. The Morgan fingerprint density at radius 3 is 1.86 bits per heavy atom. The second-order valence-electron chi connectivity index (χ2n) is 17.1. The number of rotatable bonds is 3. The fourth-order valence-corrected chi connectivity index (χ4v) is 26.8. The van der Waals surface area contributed by atoms with Crippen LogP contribution in [0.25, 0.3) is 0 Å². The molecule has 36 heavy (non-hydrogen) atoms. The van der Waals surface area contributed by atoms with Crippen molar-refractivity contribution in [1.29, 1.82) is 0 Å². The molecule has 0 nitrogen and oxygen atoms in total. The maximum Gasteiger partial charge on any atom is 0.0455 e. The van der Waals surface area contributed by atoms with Crippen LogP contribution in [0.2, 0.25) is 37.3 Å². The molecule has 0 aromatic heterocycles. The lowest BCUT2D eigenvalue weighted by Gasteiger charge is -2.53. The molecule has 0 spiro atoms. The molecule has 0 aromatic carbocycles. The van der Waals surface area contributed by atoms with Crippen LogP contribution < -0.4 is 0 Å². The standard InChI is InChI=1S/C34H54Si2/c1-21-15-23-11-12-25-18-34(5,6)20-29(25)30(23)32(21)36(9,10)35(7,8)31-22(2)16-27-26(31)14-13-24-17-33(3,4)19-28(24)27/h11-14,21-23,26-27,30-32H,15-20H2,1-10H3. The van der Waals surface area contributed by atoms with Crippen molar-refractivity contribution in [2.75, 3.05) is 0 Å². The Bertz CT molecular complexity index is 1080. The van der Waals surface area contributed by atoms with E-state index in [4.69, 9.17) is 0 Å². The Hall–Kier alpha value is -0.606. The van der Waals surface area contributed by atoms with E-state index >= 15 is 0 Å². The minimum Gasteiger partial charge on any atom is -0.0806 e. The zero-order chi connectivity index (χ0) is 26.0. The largest absolute Gasteiger partial charge is 0.0806 e. The monoisotopic (exact) mass is 518 g/mol. The summed E-state index contributed by atoms with van der Waals surface area (Å²) in [6.07, 6.45) is 18.9. The molecule has 0 bridgehead atoms. The van der Waals surface area contributed by atoms with Crippen LogP contribution in [0, 0.1) is 46.3 Å². The second-order valence-corrected chi connectivity index (χ2v) is 33.1. The highest BCUT2D eigenvalue weighted by Gasteiger charge is 2.62. The molecule has 6 aliphatic rings. The minimum atomic E-state index is -1.50. The van der Waals surface area contributed by atoms with E-state index < -0.39 is 15.2 Å². The number of allylic oxidation sites excluding steroid dienone is 8. The van der Waals surface area contributed by atoms with E-state index in [0.29, 0.717) is 10.8 Å². The van der Waals surface area contributed by atoms with E-state index in [9.17, 15) is 0 Å². The average molecular weight is 519 g/mol. The van der Waals surface area contributed by atoms with E-state index in [0.717, 1.165) is 46.6 Å². The van der Waals surface area contributed by atoms with Gasteiger partial charge in [0.15, 0.2) is 0 Å². The zero-order valence-corrected chi connectivity index (χ0v) is 27.2. The quantitative estimate of drug-likeness (QED) is 0.326. The Morgan fingerprint density at radius 2 is 1.19 bits per heavy atom. The zero-order valence-electron chi connectivity index (χ0n) is 25.2. The van der Waals surface area contributed by atoms with Crippen molar-refractivity contribution < 1.29 is 0 Å². The van der Waals surface area contributed by atoms with E-state index in [2.05, 4.69) is 92.0 Å². The first-order chi connectivity index (χ1) is 16.6. The van der Waals surface area contributed by atoms with E-state index in [1.807, 2.05) is 11.1 Å². The minimum absolute atomic E-state index is 0.472. The molecule has 6 rings (SSSR count). The lowest BCUT2D eigenvalue weighted by atomic mass is 9.81. The van der Waals surface area contributed by atoms with Crippen LogP contribution in [-0.2, 0) is 0 Å². The predicted molar refractivity (Wildman–Crippen MR) is 162 cm³/mol. The van der Waals surface area contributed by atoms with Crippen molar-refractivity contribution in [2.24, 2.45) is 46.3 Å². The molecule has 0 heterocycles. The summed E-state index contributed by atoms with van der Waals surface area (Å²) >= 11 is 0. The normalized spacial score (nSPS) is 42.6. The summed E-state index contributed by atoms with van der Waals surface area (Å²) in [5, 5.41) is 0. The Morgan fingerprint density at radius 1 is 0.667 bits per heavy atom. The van der Waals surface area contributed by atoms with Gasteiger partial charge in [-0.3, -0.25) is 0 Å². The maximum absolute atomic E-state index is 2.90. The number of hydrogen-bond donors (Lipinski definition) is 0. The molecule has 8 unspecified atom stereocenters. The lowest BCUT2D eigenvalue weighted by Crippen LogP contribution is -2.63. The van der Waals surface area contributed by atoms with Crippen LogP contribution in [0.3, 0.4) is 0 Å². The van der Waals surface area contributed by atoms with Crippen molar-refractivity contribution in [3.63, 3.8) is 0 Å².